The van der Waals surface area contributed by atoms with Gasteiger partial charge < -0.3 is 4.52 Å². The van der Waals surface area contributed by atoms with Gasteiger partial charge in [-0.15, -0.1) is 0 Å². The van der Waals surface area contributed by atoms with Gasteiger partial charge in [0.15, 0.2) is 0 Å². The first-order chi connectivity index (χ1) is 12.4. The van der Waals surface area contributed by atoms with Crippen molar-refractivity contribution in [3.8, 4) is 11.4 Å². The molecule has 0 atom stereocenters. The lowest BCUT2D eigenvalue weighted by Gasteiger charge is -2.33. The molecule has 0 bridgehead atoms. The molecule has 1 aliphatic rings. The minimum Gasteiger partial charge on any atom is -0.338 e. The average Bonchev–Trinajstić information content (AvgIpc) is 3.14. The molecule has 6 nitrogen and oxygen atoms in total. The predicted molar refractivity (Wildman–Crippen MR) is 94.5 cm³/mol. The summed E-state index contributed by atoms with van der Waals surface area (Å²) >= 11 is 0. The van der Waals surface area contributed by atoms with E-state index in [0.717, 1.165) is 44.0 Å². The van der Waals surface area contributed by atoms with Crippen molar-refractivity contribution >= 4 is 0 Å². The van der Waals surface area contributed by atoms with Crippen LogP contribution in [0.1, 0.15) is 11.6 Å². The van der Waals surface area contributed by atoms with E-state index in [1.165, 1.54) is 0 Å². The molecule has 1 saturated heterocycles. The zero-order valence-corrected chi connectivity index (χ0v) is 14.1. The van der Waals surface area contributed by atoms with Gasteiger partial charge in [-0.2, -0.15) is 4.98 Å². The highest BCUT2D eigenvalue weighted by molar-refractivity contribution is 5.53. The van der Waals surface area contributed by atoms with Crippen LogP contribution in [-0.2, 0) is 13.1 Å². The summed E-state index contributed by atoms with van der Waals surface area (Å²) in [6.45, 7) is 5.66. The molecule has 25 heavy (non-hydrogen) atoms. The van der Waals surface area contributed by atoms with Crippen LogP contribution in [0.25, 0.3) is 11.4 Å². The molecule has 3 aromatic rings. The number of hydrogen-bond donors (Lipinski definition) is 0. The van der Waals surface area contributed by atoms with E-state index in [2.05, 4.69) is 31.0 Å². The van der Waals surface area contributed by atoms with Crippen molar-refractivity contribution in [1.82, 2.24) is 24.9 Å². The van der Waals surface area contributed by atoms with E-state index >= 15 is 0 Å². The maximum Gasteiger partial charge on any atom is 0.241 e. The SMILES string of the molecule is c1ccc(-c2noc(CN3CCN(Cc4ccccn4)CC3)n2)cc1. The normalized spacial score (nSPS) is 16.2. The van der Waals surface area contributed by atoms with Crippen molar-refractivity contribution in [3.63, 3.8) is 0 Å². The Hall–Kier alpha value is -2.57. The number of aromatic nitrogens is 3. The molecule has 2 aromatic heterocycles. The number of pyridine rings is 1. The second kappa shape index (κ2) is 7.55. The summed E-state index contributed by atoms with van der Waals surface area (Å²) in [7, 11) is 0. The van der Waals surface area contributed by atoms with E-state index in [1.54, 1.807) is 0 Å². The second-order valence-electron chi connectivity index (χ2n) is 6.25. The zero-order valence-electron chi connectivity index (χ0n) is 14.1. The molecular weight excluding hydrogens is 314 g/mol. The Bertz CT molecular complexity index is 782. The van der Waals surface area contributed by atoms with E-state index in [9.17, 15) is 0 Å². The Morgan fingerprint density at radius 3 is 2.28 bits per heavy atom. The van der Waals surface area contributed by atoms with Crippen molar-refractivity contribution in [2.45, 2.75) is 13.1 Å². The third-order valence-corrected chi connectivity index (χ3v) is 4.44. The first kappa shape index (κ1) is 15.9. The van der Waals surface area contributed by atoms with Crippen molar-refractivity contribution < 1.29 is 4.52 Å². The van der Waals surface area contributed by atoms with Gasteiger partial charge in [0.1, 0.15) is 0 Å². The Balaban J connectivity index is 1.30. The summed E-state index contributed by atoms with van der Waals surface area (Å²) in [4.78, 5) is 13.7. The molecule has 1 aliphatic heterocycles. The molecule has 6 heteroatoms. The van der Waals surface area contributed by atoms with Crippen LogP contribution < -0.4 is 0 Å². The molecule has 0 amide bonds. The smallest absolute Gasteiger partial charge is 0.241 e. The Morgan fingerprint density at radius 2 is 1.56 bits per heavy atom. The molecule has 3 heterocycles. The van der Waals surface area contributed by atoms with Crippen molar-refractivity contribution in [2.75, 3.05) is 26.2 Å². The van der Waals surface area contributed by atoms with Crippen LogP contribution >= 0.6 is 0 Å². The maximum absolute atomic E-state index is 5.42. The highest BCUT2D eigenvalue weighted by atomic mass is 16.5. The van der Waals surface area contributed by atoms with Gasteiger partial charge in [0, 0.05) is 44.5 Å². The Labute approximate surface area is 147 Å². The molecule has 0 aliphatic carbocycles. The topological polar surface area (TPSA) is 58.3 Å². The van der Waals surface area contributed by atoms with Gasteiger partial charge in [0.05, 0.1) is 12.2 Å². The number of benzene rings is 1. The quantitative estimate of drug-likeness (QED) is 0.714. The summed E-state index contributed by atoms with van der Waals surface area (Å²) in [5.41, 5.74) is 2.11. The summed E-state index contributed by atoms with van der Waals surface area (Å²) < 4.78 is 5.42. The first-order valence-corrected chi connectivity index (χ1v) is 8.59. The fraction of sp³-hybridized carbons (Fsp3) is 0.316. The molecule has 128 valence electrons. The number of rotatable bonds is 5. The third-order valence-electron chi connectivity index (χ3n) is 4.44. The average molecular weight is 335 g/mol. The first-order valence-electron chi connectivity index (χ1n) is 8.59. The highest BCUT2D eigenvalue weighted by Gasteiger charge is 2.19. The molecule has 0 unspecified atom stereocenters. The molecule has 4 rings (SSSR count). The van der Waals surface area contributed by atoms with Crippen LogP contribution in [0.5, 0.6) is 0 Å². The molecule has 0 radical (unpaired) electrons. The molecule has 0 saturated carbocycles. The minimum atomic E-state index is 0.657. The lowest BCUT2D eigenvalue weighted by Crippen LogP contribution is -2.45. The van der Waals surface area contributed by atoms with Crippen LogP contribution in [0.2, 0.25) is 0 Å². The van der Waals surface area contributed by atoms with Crippen LogP contribution in [0.3, 0.4) is 0 Å². The predicted octanol–water partition coefficient (Wildman–Crippen LogP) is 2.45. The fourth-order valence-electron chi connectivity index (χ4n) is 3.04. The van der Waals surface area contributed by atoms with Gasteiger partial charge in [0.25, 0.3) is 0 Å². The Morgan fingerprint density at radius 1 is 0.840 bits per heavy atom. The maximum atomic E-state index is 5.42. The van der Waals surface area contributed by atoms with Gasteiger partial charge in [0.2, 0.25) is 11.7 Å². The second-order valence-corrected chi connectivity index (χ2v) is 6.25. The largest absolute Gasteiger partial charge is 0.338 e. The molecule has 0 N–H and O–H groups in total. The van der Waals surface area contributed by atoms with E-state index in [0.29, 0.717) is 18.3 Å². The molecule has 1 fully saturated rings. The van der Waals surface area contributed by atoms with E-state index in [1.807, 2.05) is 48.7 Å². The highest BCUT2D eigenvalue weighted by Crippen LogP contribution is 2.16. The van der Waals surface area contributed by atoms with Gasteiger partial charge in [-0.05, 0) is 12.1 Å². The van der Waals surface area contributed by atoms with Crippen LogP contribution in [0.15, 0.2) is 59.3 Å². The van der Waals surface area contributed by atoms with E-state index < -0.39 is 0 Å². The van der Waals surface area contributed by atoms with Gasteiger partial charge >= 0.3 is 0 Å². The van der Waals surface area contributed by atoms with Crippen LogP contribution in [0.4, 0.5) is 0 Å². The van der Waals surface area contributed by atoms with Crippen molar-refractivity contribution in [2.24, 2.45) is 0 Å². The summed E-state index contributed by atoms with van der Waals surface area (Å²) in [5, 5.41) is 4.09. The van der Waals surface area contributed by atoms with Crippen LogP contribution in [-0.4, -0.2) is 51.1 Å². The number of piperazine rings is 1. The Kier molecular flexibility index (Phi) is 4.81. The molecular formula is C19H21N5O. The lowest BCUT2D eigenvalue weighted by atomic mass is 10.2. The van der Waals surface area contributed by atoms with E-state index in [4.69, 9.17) is 4.52 Å². The number of hydrogen-bond acceptors (Lipinski definition) is 6. The third kappa shape index (κ3) is 4.10. The van der Waals surface area contributed by atoms with Crippen molar-refractivity contribution in [1.29, 1.82) is 0 Å². The number of nitrogens with zero attached hydrogens (tertiary/aromatic N) is 5. The van der Waals surface area contributed by atoms with E-state index in [-0.39, 0.29) is 0 Å². The summed E-state index contributed by atoms with van der Waals surface area (Å²) in [5.74, 6) is 1.33. The minimum absolute atomic E-state index is 0.657. The van der Waals surface area contributed by atoms with Crippen LogP contribution in [0, 0.1) is 0 Å². The summed E-state index contributed by atoms with van der Waals surface area (Å²) in [6, 6.07) is 16.0. The van der Waals surface area contributed by atoms with Gasteiger partial charge in [-0.3, -0.25) is 14.8 Å². The zero-order chi connectivity index (χ0) is 16.9. The van der Waals surface area contributed by atoms with Gasteiger partial charge in [-0.1, -0.05) is 41.6 Å². The fourth-order valence-corrected chi connectivity index (χ4v) is 3.04. The monoisotopic (exact) mass is 335 g/mol. The molecule has 1 aromatic carbocycles. The lowest BCUT2D eigenvalue weighted by molar-refractivity contribution is 0.111. The van der Waals surface area contributed by atoms with Gasteiger partial charge in [-0.25, -0.2) is 0 Å². The summed E-state index contributed by atoms with van der Waals surface area (Å²) in [6.07, 6.45) is 1.85. The molecule has 0 spiro atoms. The van der Waals surface area contributed by atoms with Crippen molar-refractivity contribution in [3.05, 3.63) is 66.3 Å². The standard InChI is InChI=1S/C19H21N5O/c1-2-6-16(7-3-1)19-21-18(25-22-19)15-24-12-10-23(11-13-24)14-17-8-4-5-9-20-17/h1-9H,10-15H2.